The summed E-state index contributed by atoms with van der Waals surface area (Å²) in [5.74, 6) is 0.0447. The molecule has 0 atom stereocenters. The third-order valence-corrected chi connectivity index (χ3v) is 4.08. The molecule has 0 bridgehead atoms. The number of hydrogen-bond donors (Lipinski definition) is 0. The van der Waals surface area contributed by atoms with Crippen molar-refractivity contribution in [3.05, 3.63) is 53.5 Å². The fourth-order valence-electron chi connectivity index (χ4n) is 2.91. The normalized spacial score (nSPS) is 13.6. The summed E-state index contributed by atoms with van der Waals surface area (Å²) in [6.07, 6.45) is -0.0705. The molecular weight excluding hydrogens is 335 g/mol. The molecule has 1 aliphatic rings. The van der Waals surface area contributed by atoms with Crippen LogP contribution in [0.1, 0.15) is 23.3 Å². The third-order valence-electron chi connectivity index (χ3n) is 4.08. The SMILES string of the molecule is O=C(COc1ccc2c(c1)CCC2)N(Cc1ccco1)CC(F)(F)F. The number of carbonyl (C=O) groups excluding carboxylic acids is 1. The molecule has 0 saturated heterocycles. The van der Waals surface area contributed by atoms with Gasteiger partial charge in [-0.15, -0.1) is 0 Å². The summed E-state index contributed by atoms with van der Waals surface area (Å²) < 4.78 is 48.7. The standard InChI is InChI=1S/C18H18F3NO3/c19-18(20,21)12-22(10-16-5-2-8-24-16)17(23)11-25-15-7-6-13-3-1-4-14(13)9-15/h2,5-9H,1,3-4,10-12H2. The summed E-state index contributed by atoms with van der Waals surface area (Å²) in [6.45, 7) is -2.05. The second kappa shape index (κ2) is 7.21. The molecule has 0 spiro atoms. The number of alkyl halides is 3. The highest BCUT2D eigenvalue weighted by atomic mass is 19.4. The predicted octanol–water partition coefficient (Wildman–Crippen LogP) is 3.74. The Hall–Kier alpha value is -2.44. The van der Waals surface area contributed by atoms with E-state index < -0.39 is 25.2 Å². The summed E-state index contributed by atoms with van der Waals surface area (Å²) in [5, 5.41) is 0. The van der Waals surface area contributed by atoms with E-state index in [1.54, 1.807) is 12.1 Å². The van der Waals surface area contributed by atoms with E-state index in [1.165, 1.54) is 23.5 Å². The van der Waals surface area contributed by atoms with Crippen LogP contribution in [-0.2, 0) is 24.2 Å². The first kappa shape index (κ1) is 17.4. The number of aryl methyl sites for hydroxylation is 2. The third kappa shape index (κ3) is 4.78. The van der Waals surface area contributed by atoms with Gasteiger partial charge in [-0.1, -0.05) is 6.07 Å². The number of halogens is 3. The van der Waals surface area contributed by atoms with Crippen LogP contribution in [-0.4, -0.2) is 30.1 Å². The molecule has 7 heteroatoms. The average Bonchev–Trinajstić information content (AvgIpc) is 3.21. The van der Waals surface area contributed by atoms with Crippen molar-refractivity contribution in [3.8, 4) is 5.75 Å². The Balaban J connectivity index is 1.63. The zero-order valence-electron chi connectivity index (χ0n) is 13.5. The number of carbonyl (C=O) groups is 1. The van der Waals surface area contributed by atoms with Crippen LogP contribution in [0.2, 0.25) is 0 Å². The number of benzene rings is 1. The zero-order chi connectivity index (χ0) is 17.9. The first-order chi connectivity index (χ1) is 11.9. The monoisotopic (exact) mass is 353 g/mol. The lowest BCUT2D eigenvalue weighted by atomic mass is 10.1. The average molecular weight is 353 g/mol. The van der Waals surface area contributed by atoms with Crippen molar-refractivity contribution in [2.24, 2.45) is 0 Å². The molecule has 0 unspecified atom stereocenters. The molecule has 0 N–H and O–H groups in total. The van der Waals surface area contributed by atoms with E-state index in [4.69, 9.17) is 9.15 Å². The van der Waals surface area contributed by atoms with E-state index in [9.17, 15) is 18.0 Å². The van der Waals surface area contributed by atoms with Gasteiger partial charge in [0.1, 0.15) is 18.1 Å². The van der Waals surface area contributed by atoms with Crippen LogP contribution in [0.15, 0.2) is 41.0 Å². The largest absolute Gasteiger partial charge is 0.484 e. The van der Waals surface area contributed by atoms with Gasteiger partial charge in [-0.3, -0.25) is 4.79 Å². The van der Waals surface area contributed by atoms with E-state index in [-0.39, 0.29) is 12.3 Å². The highest BCUT2D eigenvalue weighted by Gasteiger charge is 2.33. The fraction of sp³-hybridized carbons (Fsp3) is 0.389. The molecule has 0 aliphatic heterocycles. The van der Waals surface area contributed by atoms with Gasteiger partial charge in [0.05, 0.1) is 12.8 Å². The van der Waals surface area contributed by atoms with Crippen LogP contribution in [0, 0.1) is 0 Å². The second-order valence-corrected chi connectivity index (χ2v) is 6.02. The number of rotatable bonds is 6. The first-order valence-corrected chi connectivity index (χ1v) is 8.02. The lowest BCUT2D eigenvalue weighted by molar-refractivity contribution is -0.164. The highest BCUT2D eigenvalue weighted by molar-refractivity contribution is 5.77. The summed E-state index contributed by atoms with van der Waals surface area (Å²) in [5.41, 5.74) is 2.43. The van der Waals surface area contributed by atoms with Crippen LogP contribution in [0.25, 0.3) is 0 Å². The zero-order valence-corrected chi connectivity index (χ0v) is 13.5. The van der Waals surface area contributed by atoms with E-state index in [2.05, 4.69) is 0 Å². The Labute approximate surface area is 143 Å². The minimum absolute atomic E-state index is 0.251. The smallest absolute Gasteiger partial charge is 0.406 e. The molecule has 0 radical (unpaired) electrons. The summed E-state index contributed by atoms with van der Waals surface area (Å²) in [6, 6.07) is 8.64. The molecule has 0 saturated carbocycles. The van der Waals surface area contributed by atoms with E-state index in [0.29, 0.717) is 10.6 Å². The minimum atomic E-state index is -4.49. The summed E-state index contributed by atoms with van der Waals surface area (Å²) in [7, 11) is 0. The van der Waals surface area contributed by atoms with Crippen molar-refractivity contribution in [1.82, 2.24) is 4.90 Å². The van der Waals surface area contributed by atoms with Crippen molar-refractivity contribution in [1.29, 1.82) is 0 Å². The molecule has 1 heterocycles. The molecule has 4 nitrogen and oxygen atoms in total. The van der Waals surface area contributed by atoms with Gasteiger partial charge in [0.25, 0.3) is 5.91 Å². The van der Waals surface area contributed by atoms with Gasteiger partial charge in [0.15, 0.2) is 6.61 Å². The van der Waals surface area contributed by atoms with Gasteiger partial charge in [0, 0.05) is 0 Å². The minimum Gasteiger partial charge on any atom is -0.484 e. The molecule has 0 fully saturated rings. The Morgan fingerprint density at radius 2 is 2.00 bits per heavy atom. The lowest BCUT2D eigenvalue weighted by Gasteiger charge is -2.23. The van der Waals surface area contributed by atoms with E-state index in [0.717, 1.165) is 19.3 Å². The lowest BCUT2D eigenvalue weighted by Crippen LogP contribution is -2.40. The van der Waals surface area contributed by atoms with Crippen LogP contribution in [0.4, 0.5) is 13.2 Å². The Kier molecular flexibility index (Phi) is 5.01. The fourth-order valence-corrected chi connectivity index (χ4v) is 2.91. The maximum atomic E-state index is 12.7. The number of hydrogen-bond acceptors (Lipinski definition) is 3. The van der Waals surface area contributed by atoms with Crippen LogP contribution >= 0.6 is 0 Å². The number of amides is 1. The predicted molar refractivity (Wildman–Crippen MR) is 84.1 cm³/mol. The second-order valence-electron chi connectivity index (χ2n) is 6.02. The van der Waals surface area contributed by atoms with E-state index in [1.807, 2.05) is 12.1 Å². The maximum absolute atomic E-state index is 12.7. The van der Waals surface area contributed by atoms with Gasteiger partial charge >= 0.3 is 6.18 Å². The molecule has 1 aromatic carbocycles. The van der Waals surface area contributed by atoms with Crippen LogP contribution in [0.3, 0.4) is 0 Å². The molecule has 3 rings (SSSR count). The molecule has 1 amide bonds. The number of nitrogens with zero attached hydrogens (tertiary/aromatic N) is 1. The van der Waals surface area contributed by atoms with Crippen molar-refractivity contribution < 1.29 is 27.1 Å². The quantitative estimate of drug-likeness (QED) is 0.795. The molecule has 1 aliphatic carbocycles. The molecule has 1 aromatic heterocycles. The van der Waals surface area contributed by atoms with Crippen molar-refractivity contribution in [3.63, 3.8) is 0 Å². The maximum Gasteiger partial charge on any atom is 0.406 e. The Bertz CT molecular complexity index is 726. The van der Waals surface area contributed by atoms with Gasteiger partial charge in [0.2, 0.25) is 0 Å². The van der Waals surface area contributed by atoms with Crippen molar-refractivity contribution >= 4 is 5.91 Å². The Morgan fingerprint density at radius 3 is 2.72 bits per heavy atom. The van der Waals surface area contributed by atoms with Gasteiger partial charge in [-0.05, 0) is 54.7 Å². The molecule has 2 aromatic rings. The van der Waals surface area contributed by atoms with Crippen LogP contribution < -0.4 is 4.74 Å². The first-order valence-electron chi connectivity index (χ1n) is 8.02. The van der Waals surface area contributed by atoms with Crippen molar-refractivity contribution in [2.45, 2.75) is 32.0 Å². The topological polar surface area (TPSA) is 42.7 Å². The molecule has 134 valence electrons. The number of ether oxygens (including phenoxy) is 1. The van der Waals surface area contributed by atoms with Crippen molar-refractivity contribution in [2.75, 3.05) is 13.2 Å². The molecule has 25 heavy (non-hydrogen) atoms. The van der Waals surface area contributed by atoms with Gasteiger partial charge < -0.3 is 14.1 Å². The summed E-state index contributed by atoms with van der Waals surface area (Å²) >= 11 is 0. The number of fused-ring (bicyclic) bond motifs is 1. The van der Waals surface area contributed by atoms with E-state index >= 15 is 0 Å². The van der Waals surface area contributed by atoms with Gasteiger partial charge in [-0.25, -0.2) is 0 Å². The highest BCUT2D eigenvalue weighted by Crippen LogP contribution is 2.26. The number of furan rings is 1. The Morgan fingerprint density at radius 1 is 1.20 bits per heavy atom. The van der Waals surface area contributed by atoms with Gasteiger partial charge in [-0.2, -0.15) is 13.2 Å². The summed E-state index contributed by atoms with van der Waals surface area (Å²) in [4.78, 5) is 12.9. The van der Waals surface area contributed by atoms with Crippen LogP contribution in [0.5, 0.6) is 5.75 Å². The molecular formula is C18H18F3NO3.